The first kappa shape index (κ1) is 23.0. The zero-order valence-electron chi connectivity index (χ0n) is 17.9. The lowest BCUT2D eigenvalue weighted by atomic mass is 10.2. The van der Waals surface area contributed by atoms with Crippen LogP contribution < -0.4 is 14.7 Å². The maximum atomic E-state index is 6.25. The molecule has 1 aromatic rings. The van der Waals surface area contributed by atoms with E-state index in [1.807, 2.05) is 80.5 Å². The second-order valence-electron chi connectivity index (χ2n) is 7.91. The molecule has 0 heterocycles. The summed E-state index contributed by atoms with van der Waals surface area (Å²) in [5.74, 6) is 1.36. The van der Waals surface area contributed by atoms with E-state index in [0.717, 1.165) is 5.19 Å². The van der Waals surface area contributed by atoms with Crippen molar-refractivity contribution in [2.75, 3.05) is 19.8 Å². The highest BCUT2D eigenvalue weighted by Gasteiger charge is 2.49. The summed E-state index contributed by atoms with van der Waals surface area (Å²) in [7, 11) is -3.21. The Morgan fingerprint density at radius 3 is 1.31 bits per heavy atom. The molecule has 0 saturated heterocycles. The van der Waals surface area contributed by atoms with Crippen LogP contribution in [0.3, 0.4) is 0 Å². The molecule has 0 spiro atoms. The quantitative estimate of drug-likeness (QED) is 0.594. The second-order valence-corrected chi connectivity index (χ2v) is 10.4. The lowest BCUT2D eigenvalue weighted by Crippen LogP contribution is -2.58. The summed E-state index contributed by atoms with van der Waals surface area (Å²) in [4.78, 5) is 0. The summed E-state index contributed by atoms with van der Waals surface area (Å²) >= 11 is 0. The largest absolute Gasteiger partial charge is 0.544 e. The topological polar surface area (TPSA) is 46.2 Å². The summed E-state index contributed by atoms with van der Waals surface area (Å²) in [6.45, 7) is 19.3. The van der Waals surface area contributed by atoms with Gasteiger partial charge in [-0.2, -0.15) is 0 Å². The molecule has 0 saturated carbocycles. The molecule has 0 radical (unpaired) electrons. The van der Waals surface area contributed by atoms with Gasteiger partial charge in [0.05, 0.1) is 0 Å². The molecule has 0 aliphatic rings. The summed E-state index contributed by atoms with van der Waals surface area (Å²) in [5.41, 5.74) is -0.750. The van der Waals surface area contributed by atoms with Crippen molar-refractivity contribution in [1.29, 1.82) is 0 Å². The van der Waals surface area contributed by atoms with Gasteiger partial charge in [-0.1, -0.05) is 6.07 Å². The molecular formula is C20H36O5Si. The second kappa shape index (κ2) is 9.22. The normalized spacial score (nSPS) is 13.0. The molecule has 0 aromatic heterocycles. The van der Waals surface area contributed by atoms with Gasteiger partial charge in [0.25, 0.3) is 0 Å². The van der Waals surface area contributed by atoms with Crippen LogP contribution in [0.1, 0.15) is 62.3 Å². The lowest BCUT2D eigenvalue weighted by Gasteiger charge is -2.34. The highest BCUT2D eigenvalue weighted by atomic mass is 28.4. The van der Waals surface area contributed by atoms with E-state index in [1.165, 1.54) is 0 Å². The minimum absolute atomic E-state index is 0.375. The third-order valence-corrected chi connectivity index (χ3v) is 6.24. The van der Waals surface area contributed by atoms with E-state index in [9.17, 15) is 0 Å². The van der Waals surface area contributed by atoms with Gasteiger partial charge in [-0.05, 0) is 74.4 Å². The Hall–Kier alpha value is -1.08. The first-order valence-corrected chi connectivity index (χ1v) is 11.1. The van der Waals surface area contributed by atoms with Crippen molar-refractivity contribution in [3.8, 4) is 11.5 Å². The van der Waals surface area contributed by atoms with E-state index in [2.05, 4.69) is 0 Å². The van der Waals surface area contributed by atoms with Gasteiger partial charge in [0.15, 0.2) is 0 Å². The van der Waals surface area contributed by atoms with E-state index in [0.29, 0.717) is 31.3 Å². The molecule has 0 amide bonds. The molecule has 0 N–H and O–H groups in total. The number of hydrogen-bond donors (Lipinski definition) is 0. The molecule has 150 valence electrons. The van der Waals surface area contributed by atoms with Crippen molar-refractivity contribution in [1.82, 2.24) is 0 Å². The zero-order chi connectivity index (χ0) is 20.0. The Labute approximate surface area is 160 Å². The van der Waals surface area contributed by atoms with Gasteiger partial charge in [0, 0.05) is 19.8 Å². The average Bonchev–Trinajstić information content (AvgIpc) is 2.44. The van der Waals surface area contributed by atoms with Crippen LogP contribution in [-0.4, -0.2) is 39.8 Å². The third-order valence-electron chi connectivity index (χ3n) is 3.13. The minimum atomic E-state index is -3.21. The fourth-order valence-corrected chi connectivity index (χ4v) is 5.25. The molecule has 0 bridgehead atoms. The summed E-state index contributed by atoms with van der Waals surface area (Å²) < 4.78 is 30.9. The van der Waals surface area contributed by atoms with Gasteiger partial charge in [0.1, 0.15) is 27.9 Å². The van der Waals surface area contributed by atoms with Crippen LogP contribution in [-0.2, 0) is 13.3 Å². The number of hydrogen-bond acceptors (Lipinski definition) is 5. The fraction of sp³-hybridized carbons (Fsp3) is 0.700. The minimum Gasteiger partial charge on any atom is -0.488 e. The van der Waals surface area contributed by atoms with Crippen LogP contribution >= 0.6 is 0 Å². The monoisotopic (exact) mass is 384 g/mol. The maximum absolute atomic E-state index is 6.25. The van der Waals surface area contributed by atoms with Crippen molar-refractivity contribution < 1.29 is 22.8 Å². The number of benzene rings is 1. The van der Waals surface area contributed by atoms with Gasteiger partial charge < -0.3 is 22.8 Å². The van der Waals surface area contributed by atoms with E-state index >= 15 is 0 Å². The highest BCUT2D eigenvalue weighted by molar-refractivity contribution is 6.77. The van der Waals surface area contributed by atoms with Gasteiger partial charge >= 0.3 is 8.80 Å². The Balaban J connectivity index is 3.66. The highest BCUT2D eigenvalue weighted by Crippen LogP contribution is 2.29. The number of ether oxygens (including phenoxy) is 2. The van der Waals surface area contributed by atoms with Gasteiger partial charge in [-0.25, -0.2) is 0 Å². The fourth-order valence-electron chi connectivity index (χ4n) is 2.55. The maximum Gasteiger partial charge on any atom is 0.544 e. The first-order chi connectivity index (χ1) is 12.0. The molecule has 0 aliphatic heterocycles. The van der Waals surface area contributed by atoms with Gasteiger partial charge in [0.2, 0.25) is 0 Å². The molecule has 0 fully saturated rings. The average molecular weight is 385 g/mol. The van der Waals surface area contributed by atoms with Crippen molar-refractivity contribution >= 4 is 14.0 Å². The molecule has 1 rings (SSSR count). The molecule has 6 heteroatoms. The first-order valence-electron chi connectivity index (χ1n) is 9.41. The molecule has 5 nitrogen and oxygen atoms in total. The molecule has 0 atom stereocenters. The van der Waals surface area contributed by atoms with Crippen LogP contribution in [0.5, 0.6) is 11.5 Å². The summed E-state index contributed by atoms with van der Waals surface area (Å²) in [6.07, 6.45) is 0. The van der Waals surface area contributed by atoms with Crippen LogP contribution in [0.2, 0.25) is 0 Å². The van der Waals surface area contributed by atoms with Crippen molar-refractivity contribution in [3.05, 3.63) is 18.2 Å². The molecule has 1 aromatic carbocycles. The van der Waals surface area contributed by atoms with E-state index in [4.69, 9.17) is 22.8 Å². The molecule has 0 unspecified atom stereocenters. The third kappa shape index (κ3) is 6.58. The van der Waals surface area contributed by atoms with Crippen molar-refractivity contribution in [2.45, 2.75) is 73.5 Å². The van der Waals surface area contributed by atoms with Crippen molar-refractivity contribution in [2.24, 2.45) is 0 Å². The predicted octanol–water partition coefficient (Wildman–Crippen LogP) is 4.30. The lowest BCUT2D eigenvalue weighted by molar-refractivity contribution is 0.0795. The van der Waals surface area contributed by atoms with E-state index in [1.54, 1.807) is 0 Å². The SMILES string of the molecule is CCO[Si](OCC)(OCC)c1c(OC(C)(C)C)cccc1OC(C)(C)C. The Bertz CT molecular complexity index is 509. The number of rotatable bonds is 9. The van der Waals surface area contributed by atoms with Crippen LogP contribution in [0.15, 0.2) is 18.2 Å². The van der Waals surface area contributed by atoms with Crippen molar-refractivity contribution in [3.63, 3.8) is 0 Å². The molecule has 0 aliphatic carbocycles. The van der Waals surface area contributed by atoms with E-state index < -0.39 is 8.80 Å². The Morgan fingerprint density at radius 2 is 1.04 bits per heavy atom. The zero-order valence-corrected chi connectivity index (χ0v) is 18.9. The van der Waals surface area contributed by atoms with E-state index in [-0.39, 0.29) is 11.2 Å². The van der Waals surface area contributed by atoms with Crippen LogP contribution in [0, 0.1) is 0 Å². The van der Waals surface area contributed by atoms with Gasteiger partial charge in [-0.15, -0.1) is 0 Å². The Morgan fingerprint density at radius 1 is 0.692 bits per heavy atom. The smallest absolute Gasteiger partial charge is 0.488 e. The predicted molar refractivity (Wildman–Crippen MR) is 107 cm³/mol. The van der Waals surface area contributed by atoms with Crippen LogP contribution in [0.25, 0.3) is 0 Å². The van der Waals surface area contributed by atoms with Crippen LogP contribution in [0.4, 0.5) is 0 Å². The summed E-state index contributed by atoms with van der Waals surface area (Å²) in [5, 5.41) is 0.760. The molecular weight excluding hydrogens is 348 g/mol. The molecule has 26 heavy (non-hydrogen) atoms. The summed E-state index contributed by atoms with van der Waals surface area (Å²) in [6, 6.07) is 5.78. The standard InChI is InChI=1S/C20H36O5Si/c1-10-21-26(22-11-2,23-12-3)18-16(24-19(4,5)6)14-13-15-17(18)25-20(7,8)9/h13-15H,10-12H2,1-9H3. The Kier molecular flexibility index (Phi) is 8.14. The van der Waals surface area contributed by atoms with Gasteiger partial charge in [-0.3, -0.25) is 0 Å².